The Labute approximate surface area is 141 Å². The number of ether oxygens (including phenoxy) is 2. The average Bonchev–Trinajstić information content (AvgIpc) is 2.61. The molecule has 0 unspecified atom stereocenters. The van der Waals surface area contributed by atoms with E-state index in [2.05, 4.69) is 20.6 Å². The molecule has 2 aromatic rings. The van der Waals surface area contributed by atoms with Gasteiger partial charge in [0, 0.05) is 38.3 Å². The second-order valence-corrected chi connectivity index (χ2v) is 5.09. The maximum absolute atomic E-state index is 11.8. The molecule has 0 bridgehead atoms. The van der Waals surface area contributed by atoms with Gasteiger partial charge in [-0.3, -0.25) is 0 Å². The molecular formula is C17H22N4O3. The zero-order valence-corrected chi connectivity index (χ0v) is 13.7. The van der Waals surface area contributed by atoms with Crippen molar-refractivity contribution in [3.63, 3.8) is 0 Å². The molecule has 0 radical (unpaired) electrons. The predicted octanol–water partition coefficient (Wildman–Crippen LogP) is 3.21. The van der Waals surface area contributed by atoms with E-state index in [0.29, 0.717) is 18.0 Å². The number of carbonyl (C=O) groups is 1. The molecule has 0 spiro atoms. The summed E-state index contributed by atoms with van der Waals surface area (Å²) in [7, 11) is 1.69. The van der Waals surface area contributed by atoms with E-state index in [1.807, 2.05) is 0 Å². The van der Waals surface area contributed by atoms with Gasteiger partial charge in [0.15, 0.2) is 0 Å². The maximum atomic E-state index is 11.8. The molecule has 0 aliphatic heterocycles. The van der Waals surface area contributed by atoms with E-state index in [1.165, 1.54) is 0 Å². The van der Waals surface area contributed by atoms with Crippen LogP contribution in [-0.2, 0) is 4.74 Å². The Hall–Kier alpha value is -2.67. The molecule has 2 rings (SSSR count). The molecule has 1 heterocycles. The average molecular weight is 330 g/mol. The number of amides is 2. The lowest BCUT2D eigenvalue weighted by Gasteiger charge is -2.08. The van der Waals surface area contributed by atoms with Crippen LogP contribution >= 0.6 is 0 Å². The Bertz CT molecular complexity index is 605. The number of hydrogen-bond acceptors (Lipinski definition) is 5. The second kappa shape index (κ2) is 10.2. The quantitative estimate of drug-likeness (QED) is 0.690. The number of carbonyl (C=O) groups excluding carboxylic acids is 1. The molecule has 7 nitrogen and oxygen atoms in total. The number of methoxy groups -OCH3 is 1. The Morgan fingerprint density at radius 3 is 2.54 bits per heavy atom. The molecule has 2 N–H and O–H groups in total. The van der Waals surface area contributed by atoms with Crippen molar-refractivity contribution in [3.8, 4) is 11.8 Å². The summed E-state index contributed by atoms with van der Waals surface area (Å²) in [5.74, 6) is 0.602. The molecule has 1 aromatic carbocycles. The molecule has 0 saturated heterocycles. The lowest BCUT2D eigenvalue weighted by atomic mass is 10.2. The van der Waals surface area contributed by atoms with Crippen molar-refractivity contribution in [2.45, 2.75) is 19.3 Å². The van der Waals surface area contributed by atoms with Crippen molar-refractivity contribution >= 4 is 11.7 Å². The maximum Gasteiger partial charge on any atom is 0.321 e. The summed E-state index contributed by atoms with van der Waals surface area (Å²) in [4.78, 5) is 19.7. The Morgan fingerprint density at radius 2 is 1.83 bits per heavy atom. The van der Waals surface area contributed by atoms with Crippen molar-refractivity contribution in [2.24, 2.45) is 0 Å². The van der Waals surface area contributed by atoms with Gasteiger partial charge >= 0.3 is 12.0 Å². The van der Waals surface area contributed by atoms with E-state index in [-0.39, 0.29) is 12.0 Å². The number of aromatic nitrogens is 2. The molecule has 0 saturated carbocycles. The topological polar surface area (TPSA) is 85.4 Å². The van der Waals surface area contributed by atoms with Gasteiger partial charge in [-0.25, -0.2) is 14.8 Å². The number of hydrogen-bond donors (Lipinski definition) is 2. The number of nitrogens with zero attached hydrogens (tertiary/aromatic N) is 2. The number of urea groups is 1. The van der Waals surface area contributed by atoms with E-state index in [0.717, 1.165) is 25.9 Å². The molecule has 0 fully saturated rings. The van der Waals surface area contributed by atoms with Gasteiger partial charge in [0.25, 0.3) is 0 Å². The molecular weight excluding hydrogens is 308 g/mol. The van der Waals surface area contributed by atoms with Gasteiger partial charge < -0.3 is 20.1 Å². The summed E-state index contributed by atoms with van der Waals surface area (Å²) in [5, 5.41) is 5.59. The summed E-state index contributed by atoms with van der Waals surface area (Å²) in [6.45, 7) is 1.40. The molecule has 0 aliphatic rings. The minimum atomic E-state index is -0.221. The van der Waals surface area contributed by atoms with Crippen molar-refractivity contribution in [2.75, 3.05) is 25.6 Å². The van der Waals surface area contributed by atoms with E-state index < -0.39 is 0 Å². The number of benzene rings is 1. The fourth-order valence-corrected chi connectivity index (χ4v) is 1.98. The number of nitrogens with one attached hydrogen (secondary N) is 2. The number of rotatable bonds is 9. The van der Waals surface area contributed by atoms with Gasteiger partial charge in [-0.2, -0.15) is 0 Å². The first-order chi connectivity index (χ1) is 11.8. The highest BCUT2D eigenvalue weighted by molar-refractivity contribution is 5.89. The van der Waals surface area contributed by atoms with Crippen LogP contribution in [0.5, 0.6) is 11.8 Å². The van der Waals surface area contributed by atoms with Crippen LogP contribution in [-0.4, -0.2) is 36.3 Å². The smallest absolute Gasteiger partial charge is 0.321 e. The fraction of sp³-hybridized carbons (Fsp3) is 0.353. The monoisotopic (exact) mass is 330 g/mol. The van der Waals surface area contributed by atoms with Gasteiger partial charge in [-0.05, 0) is 49.6 Å². The first kappa shape index (κ1) is 17.7. The van der Waals surface area contributed by atoms with Crippen LogP contribution in [0.2, 0.25) is 0 Å². The molecule has 2 amide bonds. The Morgan fingerprint density at radius 1 is 1.08 bits per heavy atom. The van der Waals surface area contributed by atoms with E-state index in [1.54, 1.807) is 49.8 Å². The molecule has 0 atom stereocenters. The van der Waals surface area contributed by atoms with Gasteiger partial charge in [0.1, 0.15) is 5.75 Å². The molecule has 0 aliphatic carbocycles. The minimum absolute atomic E-state index is 0.221. The molecule has 128 valence electrons. The van der Waals surface area contributed by atoms with Crippen LogP contribution in [0.25, 0.3) is 0 Å². The predicted molar refractivity (Wildman–Crippen MR) is 91.3 cm³/mol. The normalized spacial score (nSPS) is 10.2. The van der Waals surface area contributed by atoms with Gasteiger partial charge in [-0.1, -0.05) is 0 Å². The summed E-state index contributed by atoms with van der Waals surface area (Å²) in [6, 6.07) is 8.79. The van der Waals surface area contributed by atoms with E-state index in [4.69, 9.17) is 9.47 Å². The second-order valence-electron chi connectivity index (χ2n) is 5.09. The molecule has 1 aromatic heterocycles. The molecule has 24 heavy (non-hydrogen) atoms. The van der Waals surface area contributed by atoms with Crippen LogP contribution in [0.3, 0.4) is 0 Å². The van der Waals surface area contributed by atoms with Crippen molar-refractivity contribution < 1.29 is 14.3 Å². The lowest BCUT2D eigenvalue weighted by Crippen LogP contribution is -2.29. The third kappa shape index (κ3) is 6.62. The number of unbranched alkanes of at least 4 members (excludes halogenated alkanes) is 2. The van der Waals surface area contributed by atoms with Crippen LogP contribution in [0.1, 0.15) is 19.3 Å². The van der Waals surface area contributed by atoms with Gasteiger partial charge in [0.2, 0.25) is 0 Å². The SMILES string of the molecule is COCCCCCNC(=O)Nc1ccc(Oc2ncccn2)cc1. The van der Waals surface area contributed by atoms with Crippen molar-refractivity contribution in [1.82, 2.24) is 15.3 Å². The standard InChI is InChI=1S/C17H22N4O3/c1-23-13-4-2-3-10-18-16(22)21-14-6-8-15(9-7-14)24-17-19-11-5-12-20-17/h5-9,11-12H,2-4,10,13H2,1H3,(H2,18,21,22). The number of anilines is 1. The van der Waals surface area contributed by atoms with Gasteiger partial charge in [-0.15, -0.1) is 0 Å². The Kier molecular flexibility index (Phi) is 7.49. The van der Waals surface area contributed by atoms with Crippen LogP contribution in [0.4, 0.5) is 10.5 Å². The fourth-order valence-electron chi connectivity index (χ4n) is 1.98. The lowest BCUT2D eigenvalue weighted by molar-refractivity contribution is 0.192. The summed E-state index contributed by atoms with van der Waals surface area (Å²) in [6.07, 6.45) is 6.19. The van der Waals surface area contributed by atoms with Crippen LogP contribution in [0.15, 0.2) is 42.7 Å². The highest BCUT2D eigenvalue weighted by Crippen LogP contribution is 2.19. The van der Waals surface area contributed by atoms with Crippen molar-refractivity contribution in [3.05, 3.63) is 42.7 Å². The van der Waals surface area contributed by atoms with Crippen molar-refractivity contribution in [1.29, 1.82) is 0 Å². The van der Waals surface area contributed by atoms with E-state index in [9.17, 15) is 4.79 Å². The van der Waals surface area contributed by atoms with E-state index >= 15 is 0 Å². The first-order valence-corrected chi connectivity index (χ1v) is 7.86. The molecule has 7 heteroatoms. The zero-order chi connectivity index (χ0) is 17.0. The summed E-state index contributed by atoms with van der Waals surface area (Å²) < 4.78 is 10.5. The first-order valence-electron chi connectivity index (χ1n) is 7.86. The Balaban J connectivity index is 1.70. The highest BCUT2D eigenvalue weighted by atomic mass is 16.5. The summed E-state index contributed by atoms with van der Waals surface area (Å²) >= 11 is 0. The zero-order valence-electron chi connectivity index (χ0n) is 13.7. The largest absolute Gasteiger partial charge is 0.424 e. The minimum Gasteiger partial charge on any atom is -0.424 e. The van der Waals surface area contributed by atoms with Crippen LogP contribution in [0, 0.1) is 0 Å². The third-order valence-electron chi connectivity index (χ3n) is 3.17. The van der Waals surface area contributed by atoms with Crippen LogP contribution < -0.4 is 15.4 Å². The van der Waals surface area contributed by atoms with Gasteiger partial charge in [0.05, 0.1) is 0 Å². The highest BCUT2D eigenvalue weighted by Gasteiger charge is 2.03. The summed E-state index contributed by atoms with van der Waals surface area (Å²) in [5.41, 5.74) is 0.688. The third-order valence-corrected chi connectivity index (χ3v) is 3.17.